The molecule has 16 heavy (non-hydrogen) atoms. The second kappa shape index (κ2) is 5.71. The Balaban J connectivity index is 1.71. The topological polar surface area (TPSA) is 41.5 Å². The smallest absolute Gasteiger partial charge is 0.0666 e. The molecular weight excluding hydrogens is 222 g/mol. The van der Waals surface area contributed by atoms with Crippen LogP contribution in [-0.4, -0.2) is 48.0 Å². The highest BCUT2D eigenvalue weighted by Crippen LogP contribution is 2.37. The van der Waals surface area contributed by atoms with Crippen LogP contribution in [-0.2, 0) is 4.74 Å². The molecular formula is C12H23NO2S. The van der Waals surface area contributed by atoms with Gasteiger partial charge in [0, 0.05) is 23.1 Å². The second-order valence-corrected chi connectivity index (χ2v) is 6.35. The van der Waals surface area contributed by atoms with E-state index < -0.39 is 0 Å². The van der Waals surface area contributed by atoms with Crippen LogP contribution in [0.5, 0.6) is 0 Å². The van der Waals surface area contributed by atoms with Crippen molar-refractivity contribution in [1.29, 1.82) is 0 Å². The highest BCUT2D eigenvalue weighted by atomic mass is 32.2. The molecule has 0 radical (unpaired) electrons. The number of nitrogens with one attached hydrogen (secondary N) is 1. The fourth-order valence-electron chi connectivity index (χ4n) is 2.69. The Kier molecular flexibility index (Phi) is 4.53. The van der Waals surface area contributed by atoms with Crippen molar-refractivity contribution < 1.29 is 9.84 Å². The van der Waals surface area contributed by atoms with Crippen LogP contribution in [0.15, 0.2) is 0 Å². The van der Waals surface area contributed by atoms with Crippen LogP contribution in [0.3, 0.4) is 0 Å². The Morgan fingerprint density at radius 2 is 2.38 bits per heavy atom. The van der Waals surface area contributed by atoms with Gasteiger partial charge in [0.2, 0.25) is 0 Å². The molecule has 2 fully saturated rings. The van der Waals surface area contributed by atoms with E-state index in [1.165, 1.54) is 19.3 Å². The first-order valence-electron chi connectivity index (χ1n) is 6.31. The van der Waals surface area contributed by atoms with Gasteiger partial charge in [0.05, 0.1) is 12.7 Å². The molecule has 0 aromatic rings. The number of aliphatic hydroxyl groups excluding tert-OH is 1. The van der Waals surface area contributed by atoms with Crippen LogP contribution in [0, 0.1) is 0 Å². The van der Waals surface area contributed by atoms with Crippen molar-refractivity contribution in [3.63, 3.8) is 0 Å². The van der Waals surface area contributed by atoms with Gasteiger partial charge in [0.1, 0.15) is 0 Å². The first-order chi connectivity index (χ1) is 7.78. The average Bonchev–Trinajstić information content (AvgIpc) is 2.96. The van der Waals surface area contributed by atoms with Gasteiger partial charge < -0.3 is 15.2 Å². The van der Waals surface area contributed by atoms with Crippen LogP contribution < -0.4 is 5.32 Å². The van der Waals surface area contributed by atoms with E-state index in [0.29, 0.717) is 11.4 Å². The molecule has 2 N–H and O–H groups in total. The number of hydrogen-bond acceptors (Lipinski definition) is 4. The molecule has 94 valence electrons. The lowest BCUT2D eigenvalue weighted by Crippen LogP contribution is -2.44. The van der Waals surface area contributed by atoms with E-state index in [0.717, 1.165) is 25.2 Å². The van der Waals surface area contributed by atoms with Crippen molar-refractivity contribution in [2.24, 2.45) is 0 Å². The summed E-state index contributed by atoms with van der Waals surface area (Å²) in [6.07, 6.45) is 6.37. The first-order valence-corrected chi connectivity index (χ1v) is 7.36. The van der Waals surface area contributed by atoms with Crippen molar-refractivity contribution in [2.45, 2.75) is 49.0 Å². The third-order valence-corrected chi connectivity index (χ3v) is 5.38. The number of likely N-dealkylation sites (N-methyl/N-ethyl adjacent to an activating group) is 1. The van der Waals surface area contributed by atoms with Crippen molar-refractivity contribution in [3.05, 3.63) is 0 Å². The summed E-state index contributed by atoms with van der Waals surface area (Å²) in [6.45, 7) is 1.22. The molecule has 2 aliphatic rings. The molecule has 3 atom stereocenters. The van der Waals surface area contributed by atoms with Crippen LogP contribution in [0.2, 0.25) is 0 Å². The summed E-state index contributed by atoms with van der Waals surface area (Å²) in [5, 5.41) is 13.4. The van der Waals surface area contributed by atoms with Gasteiger partial charge >= 0.3 is 0 Å². The molecule has 1 aliphatic carbocycles. The van der Waals surface area contributed by atoms with E-state index in [2.05, 4.69) is 5.32 Å². The molecule has 0 spiro atoms. The lowest BCUT2D eigenvalue weighted by Gasteiger charge is -2.26. The minimum atomic E-state index is -0.00575. The van der Waals surface area contributed by atoms with Gasteiger partial charge in [-0.1, -0.05) is 0 Å². The molecule has 0 amide bonds. The molecule has 0 aromatic carbocycles. The van der Waals surface area contributed by atoms with Crippen LogP contribution >= 0.6 is 11.8 Å². The maximum absolute atomic E-state index is 9.42. The Morgan fingerprint density at radius 3 is 2.94 bits per heavy atom. The second-order valence-electron chi connectivity index (χ2n) is 5.02. The molecule has 2 rings (SSSR count). The third-order valence-electron chi connectivity index (χ3n) is 3.94. The van der Waals surface area contributed by atoms with Gasteiger partial charge in [-0.3, -0.25) is 0 Å². The summed E-state index contributed by atoms with van der Waals surface area (Å²) < 4.78 is 5.63. The molecule has 0 aromatic heterocycles. The van der Waals surface area contributed by atoms with E-state index in [9.17, 15) is 5.11 Å². The van der Waals surface area contributed by atoms with Gasteiger partial charge in [-0.25, -0.2) is 0 Å². The van der Waals surface area contributed by atoms with Crippen LogP contribution in [0.4, 0.5) is 0 Å². The molecule has 0 bridgehead atoms. The zero-order chi connectivity index (χ0) is 11.4. The SMILES string of the molecule is CNC1(CO)CCC(SCC2CCCO2)C1. The Bertz CT molecular complexity index is 215. The van der Waals surface area contributed by atoms with Crippen molar-refractivity contribution in [2.75, 3.05) is 26.0 Å². The maximum Gasteiger partial charge on any atom is 0.0666 e. The summed E-state index contributed by atoms with van der Waals surface area (Å²) in [5.41, 5.74) is -0.00575. The summed E-state index contributed by atoms with van der Waals surface area (Å²) in [4.78, 5) is 0. The van der Waals surface area contributed by atoms with Gasteiger partial charge in [0.15, 0.2) is 0 Å². The molecule has 3 unspecified atom stereocenters. The number of thioether (sulfide) groups is 1. The van der Waals surface area contributed by atoms with Gasteiger partial charge in [0.25, 0.3) is 0 Å². The van der Waals surface area contributed by atoms with E-state index in [1.807, 2.05) is 18.8 Å². The van der Waals surface area contributed by atoms with E-state index in [4.69, 9.17) is 4.74 Å². The van der Waals surface area contributed by atoms with Crippen LogP contribution in [0.25, 0.3) is 0 Å². The predicted octanol–water partition coefficient (Wildman–Crippen LogP) is 1.40. The zero-order valence-corrected chi connectivity index (χ0v) is 10.9. The minimum Gasteiger partial charge on any atom is -0.394 e. The monoisotopic (exact) mass is 245 g/mol. The summed E-state index contributed by atoms with van der Waals surface area (Å²) in [5.74, 6) is 1.13. The quantitative estimate of drug-likeness (QED) is 0.768. The van der Waals surface area contributed by atoms with E-state index >= 15 is 0 Å². The molecule has 1 heterocycles. The Morgan fingerprint density at radius 1 is 1.50 bits per heavy atom. The minimum absolute atomic E-state index is 0.00575. The fraction of sp³-hybridized carbons (Fsp3) is 1.00. The standard InChI is InChI=1S/C12H23NO2S/c1-13-12(9-14)5-4-11(7-12)16-8-10-3-2-6-15-10/h10-11,13-14H,2-9H2,1H3. The van der Waals surface area contributed by atoms with E-state index in [1.54, 1.807) is 0 Å². The number of aliphatic hydroxyl groups is 1. The van der Waals surface area contributed by atoms with Crippen molar-refractivity contribution >= 4 is 11.8 Å². The highest BCUT2D eigenvalue weighted by molar-refractivity contribution is 7.99. The largest absolute Gasteiger partial charge is 0.394 e. The lowest BCUT2D eigenvalue weighted by molar-refractivity contribution is 0.128. The number of hydrogen-bond donors (Lipinski definition) is 2. The summed E-state index contributed by atoms with van der Waals surface area (Å²) in [6, 6.07) is 0. The summed E-state index contributed by atoms with van der Waals surface area (Å²) >= 11 is 2.04. The number of rotatable bonds is 5. The maximum atomic E-state index is 9.42. The number of ether oxygens (including phenoxy) is 1. The van der Waals surface area contributed by atoms with Crippen LogP contribution in [0.1, 0.15) is 32.1 Å². The van der Waals surface area contributed by atoms with E-state index in [-0.39, 0.29) is 12.1 Å². The Labute approximate surface area is 102 Å². The molecule has 4 heteroatoms. The van der Waals surface area contributed by atoms with Gasteiger partial charge in [-0.2, -0.15) is 11.8 Å². The normalized spacial score (nSPS) is 39.4. The summed E-state index contributed by atoms with van der Waals surface area (Å²) in [7, 11) is 1.96. The van der Waals surface area contributed by atoms with Gasteiger partial charge in [-0.05, 0) is 39.2 Å². The van der Waals surface area contributed by atoms with Gasteiger partial charge in [-0.15, -0.1) is 0 Å². The lowest BCUT2D eigenvalue weighted by atomic mass is 10.00. The predicted molar refractivity (Wildman–Crippen MR) is 67.9 cm³/mol. The molecule has 1 saturated carbocycles. The van der Waals surface area contributed by atoms with Crippen molar-refractivity contribution in [3.8, 4) is 0 Å². The fourth-order valence-corrected chi connectivity index (χ4v) is 4.16. The Hall–Kier alpha value is 0.230. The average molecular weight is 245 g/mol. The molecule has 1 saturated heterocycles. The highest BCUT2D eigenvalue weighted by Gasteiger charge is 2.37. The van der Waals surface area contributed by atoms with Crippen molar-refractivity contribution in [1.82, 2.24) is 5.32 Å². The first kappa shape index (κ1) is 12.7. The molecule has 3 nitrogen and oxygen atoms in total. The third kappa shape index (κ3) is 2.92. The molecule has 1 aliphatic heterocycles. The zero-order valence-electron chi connectivity index (χ0n) is 10.1.